The Morgan fingerprint density at radius 3 is 2.77 bits per heavy atom. The van der Waals surface area contributed by atoms with Crippen molar-refractivity contribution in [3.63, 3.8) is 0 Å². The minimum Gasteiger partial charge on any atom is -0.494 e. The Morgan fingerprint density at radius 1 is 1.55 bits per heavy atom. The summed E-state index contributed by atoms with van der Waals surface area (Å²) in [6, 6.07) is 4.51. The lowest BCUT2D eigenvalue weighted by atomic mass is 9.92. The van der Waals surface area contributed by atoms with Gasteiger partial charge in [0.25, 0.3) is 0 Å². The van der Waals surface area contributed by atoms with Crippen molar-refractivity contribution in [3.8, 4) is 5.75 Å². The number of carbonyl (C=O) groups excluding carboxylic acids is 1. The topological polar surface area (TPSA) is 50.4 Å². The van der Waals surface area contributed by atoms with Crippen molar-refractivity contribution in [2.45, 2.75) is 44.7 Å². The zero-order chi connectivity index (χ0) is 15.5. The normalized spacial score (nSPS) is 21.8. The van der Waals surface area contributed by atoms with Gasteiger partial charge in [0.2, 0.25) is 5.91 Å². The summed E-state index contributed by atoms with van der Waals surface area (Å²) < 4.78 is 18.6. The number of methoxy groups -OCH3 is 1. The van der Waals surface area contributed by atoms with E-state index in [9.17, 15) is 9.18 Å². The van der Waals surface area contributed by atoms with E-state index in [1.807, 2.05) is 13.8 Å². The molecule has 1 amide bonds. The molecule has 0 bridgehead atoms. The Balaban J connectivity index is 0.00000242. The first-order valence-corrected chi connectivity index (χ1v) is 7.42. The molecule has 0 spiro atoms. The van der Waals surface area contributed by atoms with Crippen molar-refractivity contribution in [2.24, 2.45) is 0 Å². The number of carbonyl (C=O) groups is 1. The van der Waals surface area contributed by atoms with E-state index in [4.69, 9.17) is 4.74 Å². The minimum atomic E-state index is -0.473. The molecule has 1 aliphatic heterocycles. The fraction of sp³-hybridized carbons (Fsp3) is 0.562. The Kier molecular flexibility index (Phi) is 6.63. The predicted octanol–water partition coefficient (Wildman–Crippen LogP) is 2.97. The largest absolute Gasteiger partial charge is 0.494 e. The molecule has 0 radical (unpaired) electrons. The van der Waals surface area contributed by atoms with E-state index in [0.717, 1.165) is 31.4 Å². The van der Waals surface area contributed by atoms with Crippen LogP contribution in [0.5, 0.6) is 5.75 Å². The summed E-state index contributed by atoms with van der Waals surface area (Å²) in [4.78, 5) is 12.5. The van der Waals surface area contributed by atoms with Gasteiger partial charge in [-0.25, -0.2) is 4.39 Å². The van der Waals surface area contributed by atoms with E-state index in [2.05, 4.69) is 10.6 Å². The predicted molar refractivity (Wildman–Crippen MR) is 87.0 cm³/mol. The van der Waals surface area contributed by atoms with Crippen LogP contribution in [0.3, 0.4) is 0 Å². The number of hydrogen-bond donors (Lipinski definition) is 2. The Morgan fingerprint density at radius 2 is 2.27 bits per heavy atom. The molecule has 1 aliphatic rings. The van der Waals surface area contributed by atoms with Crippen LogP contribution in [0.2, 0.25) is 0 Å². The van der Waals surface area contributed by atoms with Gasteiger partial charge in [-0.1, -0.05) is 13.0 Å². The second-order valence-electron chi connectivity index (χ2n) is 5.56. The van der Waals surface area contributed by atoms with Crippen molar-refractivity contribution in [3.05, 3.63) is 29.6 Å². The van der Waals surface area contributed by atoms with Gasteiger partial charge in [-0.05, 0) is 50.4 Å². The first kappa shape index (κ1) is 18.7. The third-order valence-corrected chi connectivity index (χ3v) is 4.31. The van der Waals surface area contributed by atoms with E-state index < -0.39 is 11.4 Å². The molecule has 6 heteroatoms. The fourth-order valence-electron chi connectivity index (χ4n) is 2.83. The highest BCUT2D eigenvalue weighted by atomic mass is 35.5. The molecular weight excluding hydrogens is 307 g/mol. The second-order valence-corrected chi connectivity index (χ2v) is 5.56. The lowest BCUT2D eigenvalue weighted by Gasteiger charge is -2.28. The van der Waals surface area contributed by atoms with Crippen LogP contribution in [-0.2, 0) is 4.79 Å². The SMILES string of the molecule is CCC1(C(=O)NC(C)c2ccc(OC)c(F)c2)CCCN1.Cl. The van der Waals surface area contributed by atoms with Gasteiger partial charge >= 0.3 is 0 Å². The minimum absolute atomic E-state index is 0. The number of halogens is 2. The van der Waals surface area contributed by atoms with Gasteiger partial charge in [0.15, 0.2) is 11.6 Å². The van der Waals surface area contributed by atoms with Crippen molar-refractivity contribution >= 4 is 18.3 Å². The molecule has 0 aliphatic carbocycles. The van der Waals surface area contributed by atoms with E-state index in [1.54, 1.807) is 12.1 Å². The lowest BCUT2D eigenvalue weighted by molar-refractivity contribution is -0.128. The summed E-state index contributed by atoms with van der Waals surface area (Å²) >= 11 is 0. The number of benzene rings is 1. The molecule has 2 atom stereocenters. The average Bonchev–Trinajstić information content (AvgIpc) is 2.97. The summed E-state index contributed by atoms with van der Waals surface area (Å²) in [5.74, 6) is -0.216. The van der Waals surface area contributed by atoms with E-state index in [0.29, 0.717) is 0 Å². The van der Waals surface area contributed by atoms with Crippen LogP contribution in [0, 0.1) is 5.82 Å². The molecule has 22 heavy (non-hydrogen) atoms. The third-order valence-electron chi connectivity index (χ3n) is 4.31. The molecule has 4 nitrogen and oxygen atoms in total. The van der Waals surface area contributed by atoms with Gasteiger partial charge in [-0.15, -0.1) is 12.4 Å². The zero-order valence-corrected chi connectivity index (χ0v) is 14.1. The Bertz CT molecular complexity index is 519. The number of hydrogen-bond acceptors (Lipinski definition) is 3. The first-order chi connectivity index (χ1) is 10.0. The standard InChI is InChI=1S/C16H23FN2O2.ClH/c1-4-16(8-5-9-18-16)15(20)19-11(2)12-6-7-14(21-3)13(17)10-12;/h6-7,10-11,18H,4-5,8-9H2,1-3H3,(H,19,20);1H. The van der Waals surface area contributed by atoms with Crippen molar-refractivity contribution in [1.82, 2.24) is 10.6 Å². The van der Waals surface area contributed by atoms with Gasteiger partial charge < -0.3 is 15.4 Å². The highest BCUT2D eigenvalue weighted by Crippen LogP contribution is 2.26. The number of rotatable bonds is 5. The molecule has 1 heterocycles. The highest BCUT2D eigenvalue weighted by Gasteiger charge is 2.39. The summed E-state index contributed by atoms with van der Waals surface area (Å²) in [5.41, 5.74) is 0.255. The van der Waals surface area contributed by atoms with Crippen molar-refractivity contribution in [2.75, 3.05) is 13.7 Å². The van der Waals surface area contributed by atoms with Crippen LogP contribution >= 0.6 is 12.4 Å². The molecule has 1 fully saturated rings. The Hall–Kier alpha value is -1.33. The third kappa shape index (κ3) is 3.70. The van der Waals surface area contributed by atoms with Crippen LogP contribution in [0.15, 0.2) is 18.2 Å². The first-order valence-electron chi connectivity index (χ1n) is 7.42. The quantitative estimate of drug-likeness (QED) is 0.872. The summed E-state index contributed by atoms with van der Waals surface area (Å²) in [7, 11) is 1.43. The molecule has 0 aromatic heterocycles. The molecule has 124 valence electrons. The van der Waals surface area contributed by atoms with E-state index in [-0.39, 0.29) is 30.1 Å². The summed E-state index contributed by atoms with van der Waals surface area (Å²) in [6.45, 7) is 4.74. The molecule has 2 N–H and O–H groups in total. The van der Waals surface area contributed by atoms with Gasteiger partial charge in [-0.2, -0.15) is 0 Å². The Labute approximate surface area is 137 Å². The molecule has 1 aromatic carbocycles. The van der Waals surface area contributed by atoms with Crippen LogP contribution in [0.25, 0.3) is 0 Å². The van der Waals surface area contributed by atoms with E-state index >= 15 is 0 Å². The van der Waals surface area contributed by atoms with Gasteiger partial charge in [0.05, 0.1) is 18.7 Å². The van der Waals surface area contributed by atoms with Crippen LogP contribution in [0.1, 0.15) is 44.7 Å². The number of ether oxygens (including phenoxy) is 1. The zero-order valence-electron chi connectivity index (χ0n) is 13.2. The molecule has 2 rings (SSSR count). The molecule has 1 saturated heterocycles. The van der Waals surface area contributed by atoms with Gasteiger partial charge in [-0.3, -0.25) is 4.79 Å². The monoisotopic (exact) mass is 330 g/mol. The van der Waals surface area contributed by atoms with Gasteiger partial charge in [0.1, 0.15) is 0 Å². The number of nitrogens with one attached hydrogen (secondary N) is 2. The van der Waals surface area contributed by atoms with Gasteiger partial charge in [0, 0.05) is 0 Å². The maximum atomic E-state index is 13.7. The maximum Gasteiger partial charge on any atom is 0.240 e. The average molecular weight is 331 g/mol. The van der Waals surface area contributed by atoms with Crippen LogP contribution < -0.4 is 15.4 Å². The fourth-order valence-corrected chi connectivity index (χ4v) is 2.83. The highest BCUT2D eigenvalue weighted by molar-refractivity contribution is 5.87. The molecule has 0 saturated carbocycles. The number of amides is 1. The lowest BCUT2D eigenvalue weighted by Crippen LogP contribution is -2.53. The summed E-state index contributed by atoms with van der Waals surface area (Å²) in [6.07, 6.45) is 2.61. The molecule has 1 aromatic rings. The second kappa shape index (κ2) is 7.79. The van der Waals surface area contributed by atoms with Crippen LogP contribution in [0.4, 0.5) is 4.39 Å². The van der Waals surface area contributed by atoms with Crippen LogP contribution in [-0.4, -0.2) is 25.1 Å². The smallest absolute Gasteiger partial charge is 0.240 e. The van der Waals surface area contributed by atoms with Crippen molar-refractivity contribution in [1.29, 1.82) is 0 Å². The maximum absolute atomic E-state index is 13.7. The van der Waals surface area contributed by atoms with Crippen molar-refractivity contribution < 1.29 is 13.9 Å². The molecular formula is C16H24ClFN2O2. The van der Waals surface area contributed by atoms with E-state index in [1.165, 1.54) is 13.2 Å². The molecule has 2 unspecified atom stereocenters. The summed E-state index contributed by atoms with van der Waals surface area (Å²) in [5, 5.41) is 6.29.